The van der Waals surface area contributed by atoms with Gasteiger partial charge in [0.25, 0.3) is 0 Å². The van der Waals surface area contributed by atoms with Crippen molar-refractivity contribution in [1.82, 2.24) is 5.43 Å². The van der Waals surface area contributed by atoms with E-state index in [1.54, 1.807) is 11.3 Å². The molecule has 0 aliphatic heterocycles. The van der Waals surface area contributed by atoms with Gasteiger partial charge in [0.05, 0.1) is 0 Å². The van der Waals surface area contributed by atoms with E-state index in [-0.39, 0.29) is 6.04 Å². The predicted molar refractivity (Wildman–Crippen MR) is 88.7 cm³/mol. The number of benzene rings is 1. The molecule has 1 heterocycles. The first-order valence-corrected chi connectivity index (χ1v) is 8.72. The molecule has 0 bridgehead atoms. The molecule has 0 spiro atoms. The van der Waals surface area contributed by atoms with Gasteiger partial charge < -0.3 is 0 Å². The van der Waals surface area contributed by atoms with Gasteiger partial charge in [-0.1, -0.05) is 18.2 Å². The molecular weight excluding hydrogens is 340 g/mol. The molecule has 0 aliphatic carbocycles. The van der Waals surface area contributed by atoms with Gasteiger partial charge in [-0.15, -0.1) is 23.1 Å². The van der Waals surface area contributed by atoms with E-state index < -0.39 is 0 Å². The first-order valence-electron chi connectivity index (χ1n) is 6.06. The Morgan fingerprint density at radius 1 is 1.42 bits per heavy atom. The van der Waals surface area contributed by atoms with Crippen LogP contribution in [-0.2, 0) is 6.42 Å². The van der Waals surface area contributed by atoms with Crippen LogP contribution in [-0.4, -0.2) is 11.8 Å². The van der Waals surface area contributed by atoms with Gasteiger partial charge in [-0.05, 0) is 47.0 Å². The Morgan fingerprint density at radius 3 is 2.84 bits per heavy atom. The fraction of sp³-hybridized carbons (Fsp3) is 0.286. The minimum absolute atomic E-state index is 0.287. The minimum Gasteiger partial charge on any atom is -0.271 e. The van der Waals surface area contributed by atoms with Crippen LogP contribution in [0.25, 0.3) is 0 Å². The van der Waals surface area contributed by atoms with Crippen molar-refractivity contribution in [2.24, 2.45) is 5.84 Å². The highest BCUT2D eigenvalue weighted by Gasteiger charge is 2.10. The summed E-state index contributed by atoms with van der Waals surface area (Å²) >= 11 is 7.11. The molecule has 1 aromatic heterocycles. The third-order valence-corrected chi connectivity index (χ3v) is 5.90. The predicted octanol–water partition coefficient (Wildman–Crippen LogP) is 3.99. The Morgan fingerprint density at radius 2 is 2.21 bits per heavy atom. The topological polar surface area (TPSA) is 38.0 Å². The largest absolute Gasteiger partial charge is 0.271 e. The Labute approximate surface area is 130 Å². The van der Waals surface area contributed by atoms with Gasteiger partial charge in [0.15, 0.2) is 0 Å². The summed E-state index contributed by atoms with van der Waals surface area (Å²) < 4.78 is 1.15. The lowest BCUT2D eigenvalue weighted by Gasteiger charge is -2.15. The van der Waals surface area contributed by atoms with E-state index in [0.29, 0.717) is 0 Å². The van der Waals surface area contributed by atoms with Gasteiger partial charge in [0, 0.05) is 31.4 Å². The molecular formula is C14H17BrN2S2. The minimum atomic E-state index is 0.287. The number of halogens is 1. The van der Waals surface area contributed by atoms with Gasteiger partial charge in [-0.25, -0.2) is 0 Å². The summed E-state index contributed by atoms with van der Waals surface area (Å²) in [6.07, 6.45) is 0.964. The number of nitrogens with two attached hydrogens (primary N) is 1. The van der Waals surface area contributed by atoms with E-state index in [1.165, 1.54) is 15.3 Å². The highest BCUT2D eigenvalue weighted by Crippen LogP contribution is 2.25. The van der Waals surface area contributed by atoms with Crippen LogP contribution in [0.2, 0.25) is 0 Å². The second-order valence-electron chi connectivity index (χ2n) is 4.38. The van der Waals surface area contributed by atoms with Crippen LogP contribution < -0.4 is 11.3 Å². The molecule has 1 aromatic carbocycles. The average molecular weight is 357 g/mol. The Kier molecular flexibility index (Phi) is 5.91. The summed E-state index contributed by atoms with van der Waals surface area (Å²) in [6, 6.07) is 10.9. The van der Waals surface area contributed by atoms with Crippen LogP contribution in [0.5, 0.6) is 0 Å². The third kappa shape index (κ3) is 4.61. The normalized spacial score (nSPS) is 12.6. The second kappa shape index (κ2) is 7.45. The first-order chi connectivity index (χ1) is 9.19. The molecule has 0 saturated carbocycles. The number of rotatable bonds is 6. The van der Waals surface area contributed by atoms with E-state index in [0.717, 1.165) is 16.6 Å². The lowest BCUT2D eigenvalue weighted by molar-refractivity contribution is 0.579. The molecule has 0 radical (unpaired) electrons. The number of hydrazine groups is 1. The van der Waals surface area contributed by atoms with Crippen LogP contribution in [0.3, 0.4) is 0 Å². The lowest BCUT2D eigenvalue weighted by atomic mass is 10.2. The smallest absolute Gasteiger partial charge is 0.0352 e. The van der Waals surface area contributed by atoms with E-state index in [4.69, 9.17) is 5.84 Å². The molecule has 1 atom stereocenters. The Balaban J connectivity index is 1.91. The Hall–Kier alpha value is -0.330. The number of nitrogens with one attached hydrogen (secondary N) is 1. The number of aryl methyl sites for hydroxylation is 1. The summed E-state index contributed by atoms with van der Waals surface area (Å²) in [4.78, 5) is 2.68. The van der Waals surface area contributed by atoms with E-state index in [9.17, 15) is 0 Å². The van der Waals surface area contributed by atoms with Gasteiger partial charge in [-0.3, -0.25) is 11.3 Å². The molecule has 1 unspecified atom stereocenters. The molecule has 102 valence electrons. The Bertz CT molecular complexity index is 528. The van der Waals surface area contributed by atoms with Crippen molar-refractivity contribution in [1.29, 1.82) is 0 Å². The molecule has 5 heteroatoms. The highest BCUT2D eigenvalue weighted by atomic mass is 79.9. The number of hydrogen-bond donors (Lipinski definition) is 2. The zero-order valence-electron chi connectivity index (χ0n) is 10.7. The van der Waals surface area contributed by atoms with Crippen molar-refractivity contribution in [2.45, 2.75) is 24.3 Å². The van der Waals surface area contributed by atoms with Crippen molar-refractivity contribution in [2.75, 3.05) is 5.75 Å². The van der Waals surface area contributed by atoms with Crippen molar-refractivity contribution >= 4 is 39.0 Å². The molecule has 0 fully saturated rings. The fourth-order valence-corrected chi connectivity index (χ4v) is 4.38. The maximum Gasteiger partial charge on any atom is 0.0352 e. The van der Waals surface area contributed by atoms with Crippen LogP contribution >= 0.6 is 39.0 Å². The quantitative estimate of drug-likeness (QED) is 0.466. The number of thioether (sulfide) groups is 1. The zero-order chi connectivity index (χ0) is 13.7. The molecule has 0 amide bonds. The number of hydrogen-bond acceptors (Lipinski definition) is 4. The third-order valence-electron chi connectivity index (χ3n) is 2.84. The molecule has 2 nitrogen and oxygen atoms in total. The fourth-order valence-electron chi connectivity index (χ4n) is 1.78. The molecule has 2 aromatic rings. The first kappa shape index (κ1) is 15.1. The SMILES string of the molecule is Cc1ccccc1SCC(Cc1cc(Br)cs1)NN. The van der Waals surface area contributed by atoms with E-state index >= 15 is 0 Å². The summed E-state index contributed by atoms with van der Waals surface area (Å²) in [6.45, 7) is 2.14. The number of thiophene rings is 1. The zero-order valence-corrected chi connectivity index (χ0v) is 13.9. The van der Waals surface area contributed by atoms with Gasteiger partial charge in [-0.2, -0.15) is 0 Å². The van der Waals surface area contributed by atoms with Crippen LogP contribution in [0.1, 0.15) is 10.4 Å². The summed E-state index contributed by atoms with van der Waals surface area (Å²) in [5, 5.41) is 2.11. The molecule has 3 N–H and O–H groups in total. The maximum absolute atomic E-state index is 5.66. The van der Waals surface area contributed by atoms with Crippen molar-refractivity contribution in [3.05, 3.63) is 50.6 Å². The van der Waals surface area contributed by atoms with Gasteiger partial charge >= 0.3 is 0 Å². The van der Waals surface area contributed by atoms with Crippen molar-refractivity contribution < 1.29 is 0 Å². The summed E-state index contributed by atoms with van der Waals surface area (Å²) in [7, 11) is 0. The van der Waals surface area contributed by atoms with Crippen molar-refractivity contribution in [3.63, 3.8) is 0 Å². The van der Waals surface area contributed by atoms with Gasteiger partial charge in [0.1, 0.15) is 0 Å². The standard InChI is InChI=1S/C14H17BrN2S2/c1-10-4-2-3-5-14(10)19-9-12(17-16)7-13-6-11(15)8-18-13/h2-6,8,12,17H,7,9,16H2,1H3. The molecule has 0 saturated heterocycles. The van der Waals surface area contributed by atoms with Gasteiger partial charge in [0.2, 0.25) is 0 Å². The summed E-state index contributed by atoms with van der Waals surface area (Å²) in [5.41, 5.74) is 4.24. The molecule has 0 aliphatic rings. The van der Waals surface area contributed by atoms with Crippen LogP contribution in [0.4, 0.5) is 0 Å². The van der Waals surface area contributed by atoms with E-state index in [2.05, 4.69) is 64.0 Å². The van der Waals surface area contributed by atoms with Crippen LogP contribution in [0, 0.1) is 6.92 Å². The van der Waals surface area contributed by atoms with Crippen molar-refractivity contribution in [3.8, 4) is 0 Å². The molecule has 2 rings (SSSR count). The molecule has 19 heavy (non-hydrogen) atoms. The van der Waals surface area contributed by atoms with Crippen LogP contribution in [0.15, 0.2) is 45.1 Å². The van der Waals surface area contributed by atoms with E-state index in [1.807, 2.05) is 11.8 Å². The average Bonchev–Trinajstić information content (AvgIpc) is 2.81. The second-order valence-corrected chi connectivity index (χ2v) is 7.35. The summed E-state index contributed by atoms with van der Waals surface area (Å²) in [5.74, 6) is 6.63. The maximum atomic E-state index is 5.66. The monoisotopic (exact) mass is 356 g/mol. The highest BCUT2D eigenvalue weighted by molar-refractivity contribution is 9.10. The lowest BCUT2D eigenvalue weighted by Crippen LogP contribution is -2.38.